The van der Waals surface area contributed by atoms with Crippen LogP contribution in [-0.2, 0) is 6.54 Å². The zero-order chi connectivity index (χ0) is 7.23. The maximum Gasteiger partial charge on any atom is 0.0489 e. The summed E-state index contributed by atoms with van der Waals surface area (Å²) in [6, 6.07) is 1.91. The predicted octanol–water partition coefficient (Wildman–Crippen LogP) is 1.30. The second kappa shape index (κ2) is 3.73. The van der Waals surface area contributed by atoms with Crippen molar-refractivity contribution in [2.24, 2.45) is 0 Å². The van der Waals surface area contributed by atoms with Gasteiger partial charge in [-0.15, -0.1) is 12.3 Å². The topological polar surface area (TPSA) is 17.8 Å². The van der Waals surface area contributed by atoms with E-state index in [0.717, 1.165) is 19.4 Å². The van der Waals surface area contributed by atoms with Crippen molar-refractivity contribution in [2.45, 2.75) is 19.4 Å². The molecule has 52 valence electrons. The van der Waals surface area contributed by atoms with E-state index in [9.17, 15) is 0 Å². The third-order valence-electron chi connectivity index (χ3n) is 1.27. The van der Waals surface area contributed by atoms with Crippen molar-refractivity contribution in [2.75, 3.05) is 0 Å². The summed E-state index contributed by atoms with van der Waals surface area (Å²) in [6.45, 7) is 0.928. The lowest BCUT2D eigenvalue weighted by molar-refractivity contribution is 0.587. The van der Waals surface area contributed by atoms with Crippen LogP contribution in [0.25, 0.3) is 0 Å². The Morgan fingerprint density at radius 1 is 1.60 bits per heavy atom. The molecular weight excluding hydrogens is 124 g/mol. The third kappa shape index (κ3) is 1.94. The minimum absolute atomic E-state index is 0.833. The van der Waals surface area contributed by atoms with Gasteiger partial charge in [0.15, 0.2) is 0 Å². The molecule has 2 heteroatoms. The van der Waals surface area contributed by atoms with E-state index in [1.54, 1.807) is 6.20 Å². The number of aromatic nitrogens is 2. The molecule has 2 nitrogen and oxygen atoms in total. The first-order chi connectivity index (χ1) is 4.93. The van der Waals surface area contributed by atoms with Crippen molar-refractivity contribution >= 4 is 0 Å². The lowest BCUT2D eigenvalue weighted by Crippen LogP contribution is -1.96. The van der Waals surface area contributed by atoms with Gasteiger partial charge < -0.3 is 0 Å². The highest BCUT2D eigenvalue weighted by Gasteiger charge is 1.86. The van der Waals surface area contributed by atoms with Gasteiger partial charge in [0.25, 0.3) is 0 Å². The van der Waals surface area contributed by atoms with Gasteiger partial charge in [0.1, 0.15) is 0 Å². The lowest BCUT2D eigenvalue weighted by Gasteiger charge is -1.95. The summed E-state index contributed by atoms with van der Waals surface area (Å²) in [5.74, 6) is 2.59. The molecule has 0 unspecified atom stereocenters. The summed E-state index contributed by atoms with van der Waals surface area (Å²) < 4.78 is 1.89. The SMILES string of the molecule is C#CCCCn1cccn1. The van der Waals surface area contributed by atoms with Crippen molar-refractivity contribution in [3.8, 4) is 12.3 Å². The molecule has 0 atom stereocenters. The normalized spacial score (nSPS) is 9.10. The van der Waals surface area contributed by atoms with E-state index in [1.165, 1.54) is 0 Å². The number of unbranched alkanes of at least 4 members (excludes halogenated alkanes) is 1. The molecule has 0 amide bonds. The van der Waals surface area contributed by atoms with Crippen molar-refractivity contribution in [1.82, 2.24) is 9.78 Å². The minimum atomic E-state index is 0.833. The monoisotopic (exact) mass is 134 g/mol. The zero-order valence-electron chi connectivity index (χ0n) is 5.83. The van der Waals surface area contributed by atoms with Gasteiger partial charge in [-0.2, -0.15) is 5.10 Å². The third-order valence-corrected chi connectivity index (χ3v) is 1.27. The molecule has 1 aromatic rings. The second-order valence-electron chi connectivity index (χ2n) is 2.08. The molecule has 0 aliphatic heterocycles. The number of nitrogens with zero attached hydrogens (tertiary/aromatic N) is 2. The van der Waals surface area contributed by atoms with Gasteiger partial charge in [-0.3, -0.25) is 4.68 Å². The van der Waals surface area contributed by atoms with E-state index in [-0.39, 0.29) is 0 Å². The standard InChI is InChI=1S/C8H10N2/c1-2-3-4-7-10-8-5-6-9-10/h1,5-6,8H,3-4,7H2. The number of rotatable bonds is 3. The fraction of sp³-hybridized carbons (Fsp3) is 0.375. The Bertz CT molecular complexity index is 206. The number of terminal acetylenes is 1. The summed E-state index contributed by atoms with van der Waals surface area (Å²) in [5, 5.41) is 4.04. The highest BCUT2D eigenvalue weighted by atomic mass is 15.3. The van der Waals surface area contributed by atoms with Gasteiger partial charge in [0.05, 0.1) is 0 Å². The Balaban J connectivity index is 2.23. The van der Waals surface area contributed by atoms with Crippen molar-refractivity contribution in [3.63, 3.8) is 0 Å². The fourth-order valence-electron chi connectivity index (χ4n) is 0.776. The average molecular weight is 134 g/mol. The van der Waals surface area contributed by atoms with Gasteiger partial charge in [0.2, 0.25) is 0 Å². The smallest absolute Gasteiger partial charge is 0.0489 e. The van der Waals surface area contributed by atoms with Crippen molar-refractivity contribution in [1.29, 1.82) is 0 Å². The summed E-state index contributed by atoms with van der Waals surface area (Å²) in [7, 11) is 0. The Morgan fingerprint density at radius 2 is 2.50 bits per heavy atom. The lowest BCUT2D eigenvalue weighted by atomic mass is 10.3. The van der Waals surface area contributed by atoms with Gasteiger partial charge in [0, 0.05) is 25.4 Å². The number of aryl methyl sites for hydroxylation is 1. The average Bonchev–Trinajstić information content (AvgIpc) is 2.41. The molecule has 10 heavy (non-hydrogen) atoms. The molecule has 0 N–H and O–H groups in total. The van der Waals surface area contributed by atoms with Crippen LogP contribution < -0.4 is 0 Å². The molecule has 1 heterocycles. The Morgan fingerprint density at radius 3 is 3.10 bits per heavy atom. The van der Waals surface area contributed by atoms with Crippen LogP contribution in [-0.4, -0.2) is 9.78 Å². The summed E-state index contributed by atoms with van der Waals surface area (Å²) in [5.41, 5.74) is 0. The quantitative estimate of drug-likeness (QED) is 0.450. The fourth-order valence-corrected chi connectivity index (χ4v) is 0.776. The highest BCUT2D eigenvalue weighted by molar-refractivity contribution is 4.83. The van der Waals surface area contributed by atoms with Gasteiger partial charge in [-0.05, 0) is 12.5 Å². The van der Waals surface area contributed by atoms with Crippen LogP contribution in [0.3, 0.4) is 0 Å². The Hall–Kier alpha value is -1.23. The Kier molecular flexibility index (Phi) is 2.57. The molecule has 1 rings (SSSR count). The molecule has 0 radical (unpaired) electrons. The van der Waals surface area contributed by atoms with Crippen LogP contribution in [0.2, 0.25) is 0 Å². The van der Waals surface area contributed by atoms with Crippen LogP contribution >= 0.6 is 0 Å². The number of hydrogen-bond donors (Lipinski definition) is 0. The first kappa shape index (κ1) is 6.88. The first-order valence-electron chi connectivity index (χ1n) is 3.34. The van der Waals surface area contributed by atoms with Crippen LogP contribution in [0.4, 0.5) is 0 Å². The van der Waals surface area contributed by atoms with E-state index >= 15 is 0 Å². The van der Waals surface area contributed by atoms with Gasteiger partial charge in [-0.25, -0.2) is 0 Å². The van der Waals surface area contributed by atoms with Crippen LogP contribution in [0, 0.1) is 12.3 Å². The van der Waals surface area contributed by atoms with Crippen LogP contribution in [0.15, 0.2) is 18.5 Å². The Labute approximate surface area is 60.9 Å². The summed E-state index contributed by atoms with van der Waals surface area (Å²) in [4.78, 5) is 0. The molecule has 0 fully saturated rings. The molecule has 0 bridgehead atoms. The minimum Gasteiger partial charge on any atom is -0.273 e. The highest BCUT2D eigenvalue weighted by Crippen LogP contribution is 1.91. The zero-order valence-corrected chi connectivity index (χ0v) is 5.83. The largest absolute Gasteiger partial charge is 0.273 e. The van der Waals surface area contributed by atoms with E-state index in [1.807, 2.05) is 16.9 Å². The number of hydrogen-bond acceptors (Lipinski definition) is 1. The molecule has 1 aromatic heterocycles. The second-order valence-corrected chi connectivity index (χ2v) is 2.08. The van der Waals surface area contributed by atoms with Crippen molar-refractivity contribution < 1.29 is 0 Å². The van der Waals surface area contributed by atoms with E-state index < -0.39 is 0 Å². The molecule has 0 saturated carbocycles. The van der Waals surface area contributed by atoms with E-state index in [2.05, 4.69) is 11.0 Å². The predicted molar refractivity (Wildman–Crippen MR) is 40.3 cm³/mol. The molecule has 0 spiro atoms. The molecule has 0 aliphatic carbocycles. The maximum absolute atomic E-state index is 5.09. The maximum atomic E-state index is 5.09. The van der Waals surface area contributed by atoms with Crippen LogP contribution in [0.5, 0.6) is 0 Å². The summed E-state index contributed by atoms with van der Waals surface area (Å²) >= 11 is 0. The summed E-state index contributed by atoms with van der Waals surface area (Å²) in [6.07, 6.45) is 10.6. The van der Waals surface area contributed by atoms with E-state index in [0.29, 0.717) is 0 Å². The van der Waals surface area contributed by atoms with E-state index in [4.69, 9.17) is 6.42 Å². The van der Waals surface area contributed by atoms with Gasteiger partial charge >= 0.3 is 0 Å². The molecule has 0 aliphatic rings. The van der Waals surface area contributed by atoms with Gasteiger partial charge in [-0.1, -0.05) is 0 Å². The first-order valence-corrected chi connectivity index (χ1v) is 3.34. The molecular formula is C8H10N2. The van der Waals surface area contributed by atoms with Crippen molar-refractivity contribution in [3.05, 3.63) is 18.5 Å². The van der Waals surface area contributed by atoms with Crippen LogP contribution in [0.1, 0.15) is 12.8 Å². The molecule has 0 saturated heterocycles. The molecule has 0 aromatic carbocycles.